The van der Waals surface area contributed by atoms with E-state index in [1.165, 1.54) is 4.90 Å². The maximum absolute atomic E-state index is 12.2. The monoisotopic (exact) mass is 516 g/mol. The fourth-order valence-corrected chi connectivity index (χ4v) is 4.61. The lowest BCUT2D eigenvalue weighted by Crippen LogP contribution is -2.35. The number of nitrogens with zero attached hydrogens (tertiary/aromatic N) is 3. The number of anilines is 2. The molecular formula is C29H32N4O5. The molecule has 9 nitrogen and oxygen atoms in total. The molecule has 1 aromatic heterocycles. The second-order valence-corrected chi connectivity index (χ2v) is 9.61. The Morgan fingerprint density at radius 1 is 1.11 bits per heavy atom. The Morgan fingerprint density at radius 2 is 1.87 bits per heavy atom. The average Bonchev–Trinajstić information content (AvgIpc) is 3.35. The average molecular weight is 517 g/mol. The molecule has 2 aromatic carbocycles. The van der Waals surface area contributed by atoms with E-state index in [1.54, 1.807) is 63.6 Å². The molecule has 198 valence electrons. The number of nitrogens with one attached hydrogen (secondary N) is 1. The Hall–Kier alpha value is -4.40. The zero-order valence-corrected chi connectivity index (χ0v) is 21.8. The lowest BCUT2D eigenvalue weighted by atomic mass is 10.0. The smallest absolute Gasteiger partial charge is 0.307 e. The fraction of sp³-hybridized carbons (Fsp3) is 0.310. The molecule has 3 aromatic rings. The number of pyridine rings is 1. The number of rotatable bonds is 9. The third kappa shape index (κ3) is 6.67. The van der Waals surface area contributed by atoms with Crippen molar-refractivity contribution in [2.24, 2.45) is 0 Å². The number of carbonyl (C=O) groups is 3. The first kappa shape index (κ1) is 26.7. The lowest BCUT2D eigenvalue weighted by molar-refractivity contribution is -0.136. The number of carbonyl (C=O) groups excluding carboxylic acids is 2. The highest BCUT2D eigenvalue weighted by atomic mass is 16.5. The SMILES string of the molecule is CC(=O)N1CCCC1Cc1cc(Nc2ccc(CC(=O)O)cn2)ccc1Oc1ccc(C(=O)N(C)C)cc1. The van der Waals surface area contributed by atoms with E-state index in [-0.39, 0.29) is 24.3 Å². The molecule has 1 atom stereocenters. The van der Waals surface area contributed by atoms with Crippen molar-refractivity contribution in [1.29, 1.82) is 0 Å². The first-order valence-electron chi connectivity index (χ1n) is 12.5. The van der Waals surface area contributed by atoms with E-state index in [4.69, 9.17) is 9.84 Å². The first-order valence-corrected chi connectivity index (χ1v) is 12.5. The summed E-state index contributed by atoms with van der Waals surface area (Å²) < 4.78 is 6.24. The van der Waals surface area contributed by atoms with Crippen LogP contribution >= 0.6 is 0 Å². The summed E-state index contributed by atoms with van der Waals surface area (Å²) in [4.78, 5) is 43.1. The molecule has 1 aliphatic heterocycles. The van der Waals surface area contributed by atoms with Gasteiger partial charge in [-0.15, -0.1) is 0 Å². The molecular weight excluding hydrogens is 484 g/mol. The van der Waals surface area contributed by atoms with Crippen LogP contribution in [0.2, 0.25) is 0 Å². The summed E-state index contributed by atoms with van der Waals surface area (Å²) in [6, 6.07) is 16.3. The molecule has 0 spiro atoms. The Kier molecular flexibility index (Phi) is 8.25. The van der Waals surface area contributed by atoms with Crippen LogP contribution in [0.1, 0.15) is 41.3 Å². The van der Waals surface area contributed by atoms with Crippen LogP contribution in [0.4, 0.5) is 11.5 Å². The summed E-state index contributed by atoms with van der Waals surface area (Å²) in [6.07, 6.45) is 3.98. The number of hydrogen-bond acceptors (Lipinski definition) is 6. The summed E-state index contributed by atoms with van der Waals surface area (Å²) in [5.41, 5.74) is 2.93. The van der Waals surface area contributed by atoms with Gasteiger partial charge in [0.05, 0.1) is 6.42 Å². The molecule has 2 N–H and O–H groups in total. The van der Waals surface area contributed by atoms with Crippen LogP contribution in [0.3, 0.4) is 0 Å². The Bertz CT molecular complexity index is 1310. The largest absolute Gasteiger partial charge is 0.481 e. The van der Waals surface area contributed by atoms with Crippen LogP contribution in [0.15, 0.2) is 60.8 Å². The second-order valence-electron chi connectivity index (χ2n) is 9.61. The van der Waals surface area contributed by atoms with Gasteiger partial charge < -0.3 is 25.0 Å². The molecule has 1 unspecified atom stereocenters. The highest BCUT2D eigenvalue weighted by molar-refractivity contribution is 5.94. The number of benzene rings is 2. The Labute approximate surface area is 222 Å². The minimum absolute atomic E-state index is 0.0658. The van der Waals surface area contributed by atoms with Crippen LogP contribution in [0.5, 0.6) is 11.5 Å². The zero-order chi connectivity index (χ0) is 27.2. The van der Waals surface area contributed by atoms with Crippen LogP contribution in [0.25, 0.3) is 0 Å². The van der Waals surface area contributed by atoms with Crippen molar-refractivity contribution in [1.82, 2.24) is 14.8 Å². The molecule has 0 radical (unpaired) electrons. The summed E-state index contributed by atoms with van der Waals surface area (Å²) in [7, 11) is 3.42. The van der Waals surface area contributed by atoms with Gasteiger partial charge in [-0.3, -0.25) is 14.4 Å². The fourth-order valence-electron chi connectivity index (χ4n) is 4.61. The predicted octanol–water partition coefficient (Wildman–Crippen LogP) is 4.50. The summed E-state index contributed by atoms with van der Waals surface area (Å²) >= 11 is 0. The molecule has 2 heterocycles. The van der Waals surface area contributed by atoms with Crippen LogP contribution in [-0.4, -0.2) is 64.4 Å². The van der Waals surface area contributed by atoms with Gasteiger partial charge in [-0.2, -0.15) is 0 Å². The summed E-state index contributed by atoms with van der Waals surface area (Å²) in [5, 5.41) is 12.2. The van der Waals surface area contributed by atoms with Crippen molar-refractivity contribution >= 4 is 29.3 Å². The van der Waals surface area contributed by atoms with Gasteiger partial charge in [0.2, 0.25) is 5.91 Å². The van der Waals surface area contributed by atoms with E-state index in [2.05, 4.69) is 10.3 Å². The molecule has 1 fully saturated rings. The minimum atomic E-state index is -0.904. The number of amides is 2. The number of ether oxygens (including phenoxy) is 1. The Balaban J connectivity index is 1.58. The van der Waals surface area contributed by atoms with Crippen molar-refractivity contribution in [3.63, 3.8) is 0 Å². The van der Waals surface area contributed by atoms with E-state index in [9.17, 15) is 14.4 Å². The van der Waals surface area contributed by atoms with Gasteiger partial charge in [0, 0.05) is 51.1 Å². The Morgan fingerprint density at radius 3 is 2.50 bits per heavy atom. The highest BCUT2D eigenvalue weighted by Gasteiger charge is 2.27. The van der Waals surface area contributed by atoms with E-state index < -0.39 is 5.97 Å². The molecule has 9 heteroatoms. The number of carboxylic acid groups (broad SMARTS) is 1. The standard InChI is InChI=1S/C29H32N4O5/c1-19(34)33-14-4-5-24(33)17-22-16-23(31-27-13-6-20(18-30-27)15-28(35)36)9-12-26(22)38-25-10-7-21(8-11-25)29(37)32(2)3/h6-13,16,18,24H,4-5,14-15,17H2,1-3H3,(H,30,31)(H,35,36). The molecule has 38 heavy (non-hydrogen) atoms. The molecule has 1 aliphatic rings. The van der Waals surface area contributed by atoms with E-state index in [1.807, 2.05) is 23.1 Å². The molecule has 0 aliphatic carbocycles. The zero-order valence-electron chi connectivity index (χ0n) is 21.8. The number of carboxylic acids is 1. The van der Waals surface area contributed by atoms with Crippen LogP contribution < -0.4 is 10.1 Å². The number of hydrogen-bond donors (Lipinski definition) is 2. The van der Waals surface area contributed by atoms with Gasteiger partial charge in [-0.05, 0) is 78.9 Å². The van der Waals surface area contributed by atoms with Crippen LogP contribution in [-0.2, 0) is 22.4 Å². The maximum atomic E-state index is 12.2. The van der Waals surface area contributed by atoms with Gasteiger partial charge >= 0.3 is 5.97 Å². The summed E-state index contributed by atoms with van der Waals surface area (Å²) in [6.45, 7) is 2.35. The van der Waals surface area contributed by atoms with E-state index >= 15 is 0 Å². The normalized spacial score (nSPS) is 14.7. The highest BCUT2D eigenvalue weighted by Crippen LogP contribution is 2.32. The van der Waals surface area contributed by atoms with Crippen molar-refractivity contribution < 1.29 is 24.2 Å². The minimum Gasteiger partial charge on any atom is -0.481 e. The quantitative estimate of drug-likeness (QED) is 0.431. The first-order chi connectivity index (χ1) is 18.2. The van der Waals surface area contributed by atoms with Crippen molar-refractivity contribution in [2.45, 2.75) is 38.6 Å². The maximum Gasteiger partial charge on any atom is 0.307 e. The van der Waals surface area contributed by atoms with Gasteiger partial charge in [0.15, 0.2) is 0 Å². The molecule has 4 rings (SSSR count). The van der Waals surface area contributed by atoms with Crippen molar-refractivity contribution in [3.8, 4) is 11.5 Å². The molecule has 1 saturated heterocycles. The van der Waals surface area contributed by atoms with Crippen LogP contribution in [0, 0.1) is 0 Å². The van der Waals surface area contributed by atoms with Gasteiger partial charge in [-0.1, -0.05) is 6.07 Å². The molecule has 2 amide bonds. The van der Waals surface area contributed by atoms with Gasteiger partial charge in [-0.25, -0.2) is 4.98 Å². The van der Waals surface area contributed by atoms with Gasteiger partial charge in [0.25, 0.3) is 5.91 Å². The van der Waals surface area contributed by atoms with E-state index in [0.717, 1.165) is 30.6 Å². The number of aliphatic carboxylic acids is 1. The molecule has 0 bridgehead atoms. The number of aromatic nitrogens is 1. The topological polar surface area (TPSA) is 112 Å². The second kappa shape index (κ2) is 11.8. The van der Waals surface area contributed by atoms with Crippen molar-refractivity contribution in [2.75, 3.05) is 26.0 Å². The molecule has 0 saturated carbocycles. The number of likely N-dealkylation sites (tertiary alicyclic amines) is 1. The lowest BCUT2D eigenvalue weighted by Gasteiger charge is -2.24. The third-order valence-electron chi connectivity index (χ3n) is 6.49. The predicted molar refractivity (Wildman–Crippen MR) is 144 cm³/mol. The summed E-state index contributed by atoms with van der Waals surface area (Å²) in [5.74, 6) is 0.943. The third-order valence-corrected chi connectivity index (χ3v) is 6.49. The van der Waals surface area contributed by atoms with Crippen molar-refractivity contribution in [3.05, 3.63) is 77.5 Å². The van der Waals surface area contributed by atoms with Gasteiger partial charge in [0.1, 0.15) is 17.3 Å². The van der Waals surface area contributed by atoms with E-state index in [0.29, 0.717) is 34.9 Å².